The van der Waals surface area contributed by atoms with Crippen LogP contribution in [0.4, 0.5) is 13.2 Å². The van der Waals surface area contributed by atoms with Crippen LogP contribution in [0.2, 0.25) is 0 Å². The normalized spacial score (nSPS) is 11.9. The highest BCUT2D eigenvalue weighted by Gasteiger charge is 2.32. The molecule has 4 rings (SSSR count). The molecule has 1 amide bonds. The predicted molar refractivity (Wildman–Crippen MR) is 119 cm³/mol. The van der Waals surface area contributed by atoms with Crippen LogP contribution in [0.3, 0.4) is 0 Å². The fourth-order valence-electron chi connectivity index (χ4n) is 4.13. The molecule has 0 saturated heterocycles. The molecule has 166 valence electrons. The zero-order valence-electron chi connectivity index (χ0n) is 17.6. The fourth-order valence-corrected chi connectivity index (χ4v) is 4.13. The third-order valence-electron chi connectivity index (χ3n) is 5.57. The molecule has 0 spiro atoms. The van der Waals surface area contributed by atoms with Crippen molar-refractivity contribution in [2.24, 2.45) is 5.73 Å². The average Bonchev–Trinajstić information content (AvgIpc) is 3.05. The van der Waals surface area contributed by atoms with Crippen molar-refractivity contribution >= 4 is 27.7 Å². The minimum atomic E-state index is -4.79. The van der Waals surface area contributed by atoms with Crippen LogP contribution in [0, 0.1) is 0 Å². The number of carbonyl (C=O) groups excluding carboxylic acids is 1. The Morgan fingerprint density at radius 3 is 2.53 bits per heavy atom. The van der Waals surface area contributed by atoms with E-state index in [0.29, 0.717) is 16.5 Å². The molecule has 1 heterocycles. The summed E-state index contributed by atoms with van der Waals surface area (Å²) >= 11 is 0. The van der Waals surface area contributed by atoms with E-state index in [0.717, 1.165) is 41.2 Å². The Balaban J connectivity index is 1.93. The van der Waals surface area contributed by atoms with Crippen molar-refractivity contribution < 1.29 is 22.7 Å². The first-order valence-corrected chi connectivity index (χ1v) is 10.5. The molecule has 32 heavy (non-hydrogen) atoms. The van der Waals surface area contributed by atoms with Crippen molar-refractivity contribution in [1.82, 2.24) is 4.57 Å². The number of nitrogens with two attached hydrogens (primary N) is 1. The van der Waals surface area contributed by atoms with Gasteiger partial charge in [-0.3, -0.25) is 4.79 Å². The van der Waals surface area contributed by atoms with Gasteiger partial charge in [0, 0.05) is 27.4 Å². The van der Waals surface area contributed by atoms with Gasteiger partial charge in [0.05, 0.1) is 12.1 Å². The first-order chi connectivity index (χ1) is 15.3. The van der Waals surface area contributed by atoms with Crippen molar-refractivity contribution in [2.75, 3.05) is 0 Å². The second kappa shape index (κ2) is 8.57. The van der Waals surface area contributed by atoms with Crippen molar-refractivity contribution in [3.05, 3.63) is 77.4 Å². The highest BCUT2D eigenvalue weighted by Crippen LogP contribution is 2.35. The Labute approximate surface area is 183 Å². The molecule has 4 aromatic rings. The molecule has 1 aromatic heterocycles. The lowest BCUT2D eigenvalue weighted by Gasteiger charge is -2.15. The van der Waals surface area contributed by atoms with Crippen LogP contribution in [-0.2, 0) is 13.0 Å². The molecule has 4 nitrogen and oxygen atoms in total. The number of primary amides is 1. The molecule has 0 atom stereocenters. The molecule has 0 bridgehead atoms. The minimum absolute atomic E-state index is 0.145. The molecule has 0 radical (unpaired) electrons. The average molecular weight is 440 g/mol. The Kier molecular flexibility index (Phi) is 5.82. The maximum atomic E-state index is 12.9. The summed E-state index contributed by atoms with van der Waals surface area (Å²) in [7, 11) is 0. The number of aromatic nitrogens is 1. The lowest BCUT2D eigenvalue weighted by Crippen LogP contribution is -2.18. The zero-order valence-corrected chi connectivity index (χ0v) is 17.6. The summed E-state index contributed by atoms with van der Waals surface area (Å²) in [6, 6.07) is 17.4. The standard InChI is InChI=1S/C25H23F3N2O2/c1-2-3-7-16-12-13-18-21(14-16)30(20-10-6-9-19(23(18)20)24(29)31)15-17-8-4-5-11-22(17)32-25(26,27)28/h4-6,8-14H,2-3,7,15H2,1H3,(H2,29,31). The molecule has 7 heteroatoms. The number of para-hydroxylation sites is 1. The van der Waals surface area contributed by atoms with Gasteiger partial charge in [-0.15, -0.1) is 13.2 Å². The van der Waals surface area contributed by atoms with Crippen LogP contribution < -0.4 is 10.5 Å². The van der Waals surface area contributed by atoms with Crippen LogP contribution in [0.15, 0.2) is 60.7 Å². The number of rotatable bonds is 7. The number of amides is 1. The Morgan fingerprint density at radius 2 is 1.81 bits per heavy atom. The molecule has 0 aliphatic rings. The highest BCUT2D eigenvalue weighted by molar-refractivity contribution is 6.18. The number of alkyl halides is 3. The first-order valence-electron chi connectivity index (χ1n) is 10.5. The number of hydrogen-bond donors (Lipinski definition) is 1. The summed E-state index contributed by atoms with van der Waals surface area (Å²) in [5.74, 6) is -0.797. The molecule has 0 saturated carbocycles. The van der Waals surface area contributed by atoms with Gasteiger partial charge in [0.25, 0.3) is 0 Å². The van der Waals surface area contributed by atoms with E-state index in [1.54, 1.807) is 24.3 Å². The van der Waals surface area contributed by atoms with Gasteiger partial charge < -0.3 is 15.0 Å². The number of carbonyl (C=O) groups is 1. The molecular weight excluding hydrogens is 417 g/mol. The van der Waals surface area contributed by atoms with Crippen LogP contribution in [0.25, 0.3) is 21.8 Å². The molecule has 0 unspecified atom stereocenters. The molecule has 0 fully saturated rings. The molecule has 0 aliphatic carbocycles. The Bertz CT molecular complexity index is 1290. The van der Waals surface area contributed by atoms with Gasteiger partial charge in [0.2, 0.25) is 5.91 Å². The first kappa shape index (κ1) is 21.7. The highest BCUT2D eigenvalue weighted by atomic mass is 19.4. The Hall–Kier alpha value is -3.48. The summed E-state index contributed by atoms with van der Waals surface area (Å²) in [6.07, 6.45) is -1.82. The summed E-state index contributed by atoms with van der Waals surface area (Å²) in [4.78, 5) is 12.1. The van der Waals surface area contributed by atoms with Crippen LogP contribution >= 0.6 is 0 Å². The quantitative estimate of drug-likeness (QED) is 0.373. The van der Waals surface area contributed by atoms with Crippen LogP contribution in [0.5, 0.6) is 5.75 Å². The minimum Gasteiger partial charge on any atom is -0.405 e. The number of hydrogen-bond acceptors (Lipinski definition) is 2. The van der Waals surface area contributed by atoms with E-state index < -0.39 is 12.3 Å². The smallest absolute Gasteiger partial charge is 0.405 e. The van der Waals surface area contributed by atoms with Gasteiger partial charge in [-0.25, -0.2) is 0 Å². The van der Waals surface area contributed by atoms with Crippen molar-refractivity contribution in [2.45, 2.75) is 39.1 Å². The summed E-state index contributed by atoms with van der Waals surface area (Å²) < 4.78 is 45.0. The number of benzene rings is 3. The van der Waals surface area contributed by atoms with E-state index >= 15 is 0 Å². The van der Waals surface area contributed by atoms with Gasteiger partial charge in [-0.2, -0.15) is 0 Å². The van der Waals surface area contributed by atoms with Gasteiger partial charge in [-0.1, -0.05) is 49.7 Å². The van der Waals surface area contributed by atoms with E-state index in [1.165, 1.54) is 12.1 Å². The van der Waals surface area contributed by atoms with E-state index in [4.69, 9.17) is 5.73 Å². The lowest BCUT2D eigenvalue weighted by atomic mass is 10.0. The molecule has 0 aliphatic heterocycles. The van der Waals surface area contributed by atoms with Gasteiger partial charge >= 0.3 is 6.36 Å². The Morgan fingerprint density at radius 1 is 1.03 bits per heavy atom. The number of nitrogens with zero attached hydrogens (tertiary/aromatic N) is 1. The zero-order chi connectivity index (χ0) is 22.9. The maximum absolute atomic E-state index is 12.9. The molecule has 2 N–H and O–H groups in total. The van der Waals surface area contributed by atoms with Crippen molar-refractivity contribution in [3.63, 3.8) is 0 Å². The number of aryl methyl sites for hydroxylation is 1. The third-order valence-corrected chi connectivity index (χ3v) is 5.57. The van der Waals surface area contributed by atoms with Gasteiger partial charge in [0.15, 0.2) is 0 Å². The van der Waals surface area contributed by atoms with Crippen LogP contribution in [-0.4, -0.2) is 16.8 Å². The van der Waals surface area contributed by atoms with E-state index in [2.05, 4.69) is 11.7 Å². The number of unbranched alkanes of at least 4 members (excludes halogenated alkanes) is 1. The maximum Gasteiger partial charge on any atom is 0.573 e. The number of halogens is 3. The topological polar surface area (TPSA) is 57.2 Å². The second-order valence-electron chi connectivity index (χ2n) is 7.76. The fraction of sp³-hybridized carbons (Fsp3) is 0.240. The lowest BCUT2D eigenvalue weighted by molar-refractivity contribution is -0.274. The van der Waals surface area contributed by atoms with Gasteiger partial charge in [-0.05, 0) is 42.7 Å². The SMILES string of the molecule is CCCCc1ccc2c3c(C(N)=O)cccc3n(Cc3ccccc3OC(F)(F)F)c2c1. The summed E-state index contributed by atoms with van der Waals surface area (Å²) in [5.41, 5.74) is 9.09. The van der Waals surface area contributed by atoms with Crippen molar-refractivity contribution in [1.29, 1.82) is 0 Å². The van der Waals surface area contributed by atoms with Crippen LogP contribution in [0.1, 0.15) is 41.3 Å². The predicted octanol–water partition coefficient (Wildman–Crippen LogP) is 6.18. The molecular formula is C25H23F3N2O2. The number of ether oxygens (including phenoxy) is 1. The number of fused-ring (bicyclic) bond motifs is 3. The summed E-state index contributed by atoms with van der Waals surface area (Å²) in [6.45, 7) is 2.26. The second-order valence-corrected chi connectivity index (χ2v) is 7.76. The summed E-state index contributed by atoms with van der Waals surface area (Å²) in [5, 5.41) is 1.54. The van der Waals surface area contributed by atoms with E-state index in [-0.39, 0.29) is 12.3 Å². The largest absolute Gasteiger partial charge is 0.573 e. The molecule has 3 aromatic carbocycles. The third kappa shape index (κ3) is 4.28. The monoisotopic (exact) mass is 440 g/mol. The van der Waals surface area contributed by atoms with Gasteiger partial charge in [0.1, 0.15) is 5.75 Å². The van der Waals surface area contributed by atoms with E-state index in [9.17, 15) is 18.0 Å². The van der Waals surface area contributed by atoms with Crippen molar-refractivity contribution in [3.8, 4) is 5.75 Å². The van der Waals surface area contributed by atoms with E-state index in [1.807, 2.05) is 28.8 Å².